The molecule has 2 aromatic carbocycles. The van der Waals surface area contributed by atoms with E-state index in [0.717, 1.165) is 59.0 Å². The minimum Gasteiger partial charge on any atom is -0.382 e. The lowest BCUT2D eigenvalue weighted by molar-refractivity contribution is -0.127. The summed E-state index contributed by atoms with van der Waals surface area (Å²) in [5.74, 6) is 1.17. The lowest BCUT2D eigenvalue weighted by Crippen LogP contribution is -2.37. The van der Waals surface area contributed by atoms with Crippen LogP contribution in [0.5, 0.6) is 0 Å². The second-order valence-electron chi connectivity index (χ2n) is 9.54. The Morgan fingerprint density at radius 2 is 1.80 bits per heavy atom. The highest BCUT2D eigenvalue weighted by molar-refractivity contribution is 5.92. The van der Waals surface area contributed by atoms with E-state index in [0.29, 0.717) is 24.7 Å². The largest absolute Gasteiger partial charge is 0.382 e. The molecule has 6 N–H and O–H groups in total. The van der Waals surface area contributed by atoms with E-state index < -0.39 is 0 Å². The summed E-state index contributed by atoms with van der Waals surface area (Å²) in [7, 11) is 0. The summed E-state index contributed by atoms with van der Waals surface area (Å²) in [6.45, 7) is 0.706. The number of carbonyl (C=O) groups excluding carboxylic acids is 1. The van der Waals surface area contributed by atoms with Crippen molar-refractivity contribution in [3.8, 4) is 11.1 Å². The van der Waals surface area contributed by atoms with Crippen molar-refractivity contribution in [2.75, 3.05) is 12.3 Å². The van der Waals surface area contributed by atoms with E-state index in [9.17, 15) is 4.79 Å². The molecule has 0 saturated heterocycles. The zero-order chi connectivity index (χ0) is 24.2. The van der Waals surface area contributed by atoms with Crippen molar-refractivity contribution < 1.29 is 4.79 Å². The van der Waals surface area contributed by atoms with Crippen LogP contribution in [0.15, 0.2) is 66.9 Å². The number of fused-ring (bicyclic) bond motifs is 1. The third-order valence-corrected chi connectivity index (χ3v) is 7.21. The zero-order valence-electron chi connectivity index (χ0n) is 19.8. The summed E-state index contributed by atoms with van der Waals surface area (Å²) in [6.07, 6.45) is 6.31. The smallest absolute Gasteiger partial charge is 0.223 e. The SMILES string of the molecule is NC[C@H]1CC[C@H](C(=O)NC(Cc2ccccc2)c2cc(-c3ccc4[nH]nc(N)c4c3)ccn2)CC1. The molecule has 1 aliphatic carbocycles. The van der Waals surface area contributed by atoms with Crippen molar-refractivity contribution in [1.82, 2.24) is 20.5 Å². The molecule has 1 saturated carbocycles. The molecule has 1 aliphatic rings. The second-order valence-corrected chi connectivity index (χ2v) is 9.54. The highest BCUT2D eigenvalue weighted by atomic mass is 16.1. The topological polar surface area (TPSA) is 123 Å². The number of hydrogen-bond donors (Lipinski definition) is 4. The summed E-state index contributed by atoms with van der Waals surface area (Å²) in [4.78, 5) is 18.0. The highest BCUT2D eigenvalue weighted by Gasteiger charge is 2.28. The summed E-state index contributed by atoms with van der Waals surface area (Å²) in [5, 5.41) is 11.3. The molecular formula is C28H32N6O. The molecule has 2 heterocycles. The number of nitrogens with two attached hydrogens (primary N) is 2. The van der Waals surface area contributed by atoms with E-state index in [1.807, 2.05) is 48.7 Å². The van der Waals surface area contributed by atoms with Crippen molar-refractivity contribution in [2.24, 2.45) is 17.6 Å². The Kier molecular flexibility index (Phi) is 6.77. The molecule has 1 fully saturated rings. The third-order valence-electron chi connectivity index (χ3n) is 7.21. The second kappa shape index (κ2) is 10.3. The van der Waals surface area contributed by atoms with Crippen LogP contribution < -0.4 is 16.8 Å². The third kappa shape index (κ3) is 5.20. The molecule has 0 bridgehead atoms. The van der Waals surface area contributed by atoms with E-state index in [2.05, 4.69) is 38.7 Å². The number of anilines is 1. The van der Waals surface area contributed by atoms with Crippen LogP contribution in [0.25, 0.3) is 22.0 Å². The number of carbonyl (C=O) groups is 1. The minimum absolute atomic E-state index is 0.0331. The van der Waals surface area contributed by atoms with Gasteiger partial charge in [-0.2, -0.15) is 5.10 Å². The maximum absolute atomic E-state index is 13.3. The van der Waals surface area contributed by atoms with Gasteiger partial charge in [-0.15, -0.1) is 0 Å². The number of aromatic amines is 1. The van der Waals surface area contributed by atoms with E-state index in [4.69, 9.17) is 11.5 Å². The molecule has 2 aromatic heterocycles. The number of nitrogen functional groups attached to an aromatic ring is 1. The quantitative estimate of drug-likeness (QED) is 0.321. The number of nitrogens with zero attached hydrogens (tertiary/aromatic N) is 2. The van der Waals surface area contributed by atoms with Crippen molar-refractivity contribution >= 4 is 22.6 Å². The van der Waals surface area contributed by atoms with Gasteiger partial charge in [0.2, 0.25) is 5.91 Å². The standard InChI is InChI=1S/C28H32N6O/c29-17-19-6-8-20(9-7-19)28(35)32-26(14-18-4-2-1-3-5-18)25-16-22(12-13-31-25)21-10-11-24-23(15-21)27(30)34-33-24/h1-5,10-13,15-16,19-20,26H,6-9,14,17,29H2,(H,32,35)(H3,30,33,34)/t19-,20-,26?. The van der Waals surface area contributed by atoms with Gasteiger partial charge in [0, 0.05) is 17.5 Å². The van der Waals surface area contributed by atoms with Crippen molar-refractivity contribution in [1.29, 1.82) is 0 Å². The van der Waals surface area contributed by atoms with E-state index in [-0.39, 0.29) is 17.9 Å². The first-order valence-corrected chi connectivity index (χ1v) is 12.3. The Morgan fingerprint density at radius 1 is 1.03 bits per heavy atom. The molecule has 7 nitrogen and oxygen atoms in total. The molecule has 5 rings (SSSR count). The zero-order valence-corrected chi connectivity index (χ0v) is 19.8. The first kappa shape index (κ1) is 23.1. The molecule has 1 atom stereocenters. The van der Waals surface area contributed by atoms with Crippen LogP contribution >= 0.6 is 0 Å². The fourth-order valence-corrected chi connectivity index (χ4v) is 5.06. The average Bonchev–Trinajstić information content (AvgIpc) is 3.29. The number of H-pyrrole nitrogens is 1. The van der Waals surface area contributed by atoms with Gasteiger partial charge in [-0.1, -0.05) is 36.4 Å². The van der Waals surface area contributed by atoms with Gasteiger partial charge < -0.3 is 16.8 Å². The fourth-order valence-electron chi connectivity index (χ4n) is 5.06. The van der Waals surface area contributed by atoms with Gasteiger partial charge >= 0.3 is 0 Å². The van der Waals surface area contributed by atoms with Gasteiger partial charge in [0.15, 0.2) is 5.82 Å². The Morgan fingerprint density at radius 3 is 2.57 bits per heavy atom. The van der Waals surface area contributed by atoms with Gasteiger partial charge in [-0.3, -0.25) is 14.9 Å². The number of benzene rings is 2. The Balaban J connectivity index is 1.42. The normalized spacial score (nSPS) is 18.9. The minimum atomic E-state index is -0.222. The van der Waals surface area contributed by atoms with E-state index in [1.165, 1.54) is 0 Å². The Bertz CT molecular complexity index is 1290. The molecule has 35 heavy (non-hydrogen) atoms. The molecule has 7 heteroatoms. The molecule has 1 unspecified atom stereocenters. The molecule has 1 amide bonds. The average molecular weight is 469 g/mol. The number of hydrogen-bond acceptors (Lipinski definition) is 5. The van der Waals surface area contributed by atoms with Crippen LogP contribution in [0.1, 0.15) is 43.0 Å². The van der Waals surface area contributed by atoms with E-state index in [1.54, 1.807) is 0 Å². The maximum atomic E-state index is 13.3. The van der Waals surface area contributed by atoms with Gasteiger partial charge in [0.1, 0.15) is 0 Å². The first-order valence-electron chi connectivity index (χ1n) is 12.3. The molecule has 4 aromatic rings. The number of pyridine rings is 1. The Labute approximate surface area is 205 Å². The maximum Gasteiger partial charge on any atom is 0.223 e. The van der Waals surface area contributed by atoms with Crippen molar-refractivity contribution in [2.45, 2.75) is 38.1 Å². The summed E-state index contributed by atoms with van der Waals surface area (Å²) >= 11 is 0. The number of amides is 1. The first-order chi connectivity index (χ1) is 17.1. The number of aromatic nitrogens is 3. The Hall–Kier alpha value is -3.71. The van der Waals surface area contributed by atoms with E-state index >= 15 is 0 Å². The molecular weight excluding hydrogens is 436 g/mol. The van der Waals surface area contributed by atoms with Crippen LogP contribution in [0.4, 0.5) is 5.82 Å². The predicted molar refractivity (Wildman–Crippen MR) is 139 cm³/mol. The summed E-state index contributed by atoms with van der Waals surface area (Å²) in [6, 6.07) is 20.1. The van der Waals surface area contributed by atoms with Crippen molar-refractivity contribution in [3.05, 3.63) is 78.1 Å². The molecule has 0 aliphatic heterocycles. The monoisotopic (exact) mass is 468 g/mol. The summed E-state index contributed by atoms with van der Waals surface area (Å²) in [5.41, 5.74) is 16.8. The molecule has 0 radical (unpaired) electrons. The van der Waals surface area contributed by atoms with Crippen LogP contribution in [-0.2, 0) is 11.2 Å². The predicted octanol–water partition coefficient (Wildman–Crippen LogP) is 4.37. The van der Waals surface area contributed by atoms with Crippen molar-refractivity contribution in [3.63, 3.8) is 0 Å². The fraction of sp³-hybridized carbons (Fsp3) is 0.321. The lowest BCUT2D eigenvalue weighted by Gasteiger charge is -2.28. The highest BCUT2D eigenvalue weighted by Crippen LogP contribution is 2.31. The molecule has 0 spiro atoms. The van der Waals surface area contributed by atoms with Crippen LogP contribution in [0.2, 0.25) is 0 Å². The van der Waals surface area contributed by atoms with Gasteiger partial charge in [0.05, 0.1) is 17.3 Å². The van der Waals surface area contributed by atoms with Gasteiger partial charge in [0.25, 0.3) is 0 Å². The summed E-state index contributed by atoms with van der Waals surface area (Å²) < 4.78 is 0. The lowest BCUT2D eigenvalue weighted by atomic mass is 9.81. The van der Waals surface area contributed by atoms with Crippen LogP contribution in [-0.4, -0.2) is 27.6 Å². The molecule has 180 valence electrons. The number of rotatable bonds is 7. The van der Waals surface area contributed by atoms with Gasteiger partial charge in [-0.25, -0.2) is 0 Å². The number of nitrogens with one attached hydrogen (secondary N) is 2. The van der Waals surface area contributed by atoms with Crippen LogP contribution in [0.3, 0.4) is 0 Å². The van der Waals surface area contributed by atoms with Gasteiger partial charge in [-0.05, 0) is 85.5 Å². The van der Waals surface area contributed by atoms with Crippen LogP contribution in [0, 0.1) is 11.8 Å².